The number of para-hydroxylation sites is 2. The van der Waals surface area contributed by atoms with Gasteiger partial charge in [-0.05, 0) is 80.3 Å². The lowest BCUT2D eigenvalue weighted by Gasteiger charge is -2.36. The Morgan fingerprint density at radius 1 is 0.922 bits per heavy atom. The number of benzene rings is 3. The normalized spacial score (nSPS) is 18.2. The Balaban J connectivity index is 1.03. The lowest BCUT2D eigenvalue weighted by molar-refractivity contribution is 0.0779. The second kappa shape index (κ2) is 15.0. The van der Waals surface area contributed by atoms with Crippen LogP contribution < -0.4 is 24.3 Å². The second-order valence-electron chi connectivity index (χ2n) is 13.6. The molecule has 268 valence electrons. The molecule has 51 heavy (non-hydrogen) atoms. The van der Waals surface area contributed by atoms with Crippen LogP contribution in [-0.4, -0.2) is 92.5 Å². The number of hydrogen-bond donors (Lipinski definition) is 1. The number of furan rings is 1. The molecule has 1 atom stereocenters. The van der Waals surface area contributed by atoms with Gasteiger partial charge in [0.2, 0.25) is 11.7 Å². The van der Waals surface area contributed by atoms with Gasteiger partial charge in [0.25, 0.3) is 5.91 Å². The molecule has 0 spiro atoms. The Bertz CT molecular complexity index is 1910. The number of aromatic nitrogens is 2. The van der Waals surface area contributed by atoms with Crippen molar-refractivity contribution in [2.45, 2.75) is 43.7 Å². The van der Waals surface area contributed by atoms with E-state index >= 15 is 0 Å². The average Bonchev–Trinajstić information content (AvgIpc) is 3.94. The van der Waals surface area contributed by atoms with Crippen LogP contribution in [-0.2, 0) is 12.0 Å². The van der Waals surface area contributed by atoms with E-state index < -0.39 is 0 Å². The van der Waals surface area contributed by atoms with E-state index in [0.717, 1.165) is 73.6 Å². The SMILES string of the molecule is COc1ccc(C2(CCN3CCC(Nc4nc5ccccc5n4Cc4ccoc4)CC3)CCN(C(=O)c3cc(OC)c(OC)c(OC)c3)C2)cc1. The third-order valence-electron chi connectivity index (χ3n) is 10.7. The summed E-state index contributed by atoms with van der Waals surface area (Å²) in [6.07, 6.45) is 7.37. The topological polar surface area (TPSA) is 103 Å². The number of amides is 1. The molecule has 11 heteroatoms. The number of nitrogens with one attached hydrogen (secondary N) is 1. The zero-order chi connectivity index (χ0) is 35.4. The highest BCUT2D eigenvalue weighted by atomic mass is 16.5. The number of fused-ring (bicyclic) bond motifs is 1. The number of methoxy groups -OCH3 is 4. The highest BCUT2D eigenvalue weighted by Crippen LogP contribution is 2.42. The van der Waals surface area contributed by atoms with Gasteiger partial charge in [-0.25, -0.2) is 4.98 Å². The maximum Gasteiger partial charge on any atom is 0.254 e. The standard InChI is InChI=1S/C40H47N5O6/c1-47-32-11-9-30(10-12-32)40(17-21-44(27-40)38(46)29-23-35(48-2)37(50-4)36(24-29)49-3)16-20-43-18-13-31(14-19-43)41-39-42-33-7-5-6-8-34(33)45(39)25-28-15-22-51-26-28/h5-12,15,22-24,26,31H,13-14,16-21,25,27H2,1-4H3,(H,41,42). The van der Waals surface area contributed by atoms with Crippen LogP contribution in [0.5, 0.6) is 23.0 Å². The molecule has 0 saturated carbocycles. The van der Waals surface area contributed by atoms with Crippen molar-refractivity contribution in [2.24, 2.45) is 0 Å². The Labute approximate surface area is 299 Å². The lowest BCUT2D eigenvalue weighted by Crippen LogP contribution is -2.42. The van der Waals surface area contributed by atoms with Crippen molar-refractivity contribution in [3.05, 3.63) is 95.9 Å². The molecule has 5 aromatic rings. The Morgan fingerprint density at radius 3 is 2.33 bits per heavy atom. The molecule has 1 N–H and O–H groups in total. The lowest BCUT2D eigenvalue weighted by atomic mass is 9.76. The van der Waals surface area contributed by atoms with Crippen LogP contribution >= 0.6 is 0 Å². The van der Waals surface area contributed by atoms with Gasteiger partial charge in [0.05, 0.1) is 58.5 Å². The van der Waals surface area contributed by atoms with Crippen LogP contribution in [0.3, 0.4) is 0 Å². The zero-order valence-electron chi connectivity index (χ0n) is 29.9. The van der Waals surface area contributed by atoms with Crippen molar-refractivity contribution in [3.8, 4) is 23.0 Å². The number of hydrogen-bond acceptors (Lipinski definition) is 9. The minimum Gasteiger partial charge on any atom is -0.497 e. The molecule has 2 aromatic heterocycles. The maximum atomic E-state index is 14.0. The summed E-state index contributed by atoms with van der Waals surface area (Å²) in [4.78, 5) is 23.5. The van der Waals surface area contributed by atoms with Crippen LogP contribution in [0.25, 0.3) is 11.0 Å². The van der Waals surface area contributed by atoms with Gasteiger partial charge in [-0.2, -0.15) is 0 Å². The number of imidazole rings is 1. The summed E-state index contributed by atoms with van der Waals surface area (Å²) in [6.45, 7) is 4.92. The molecule has 2 fully saturated rings. The molecule has 1 unspecified atom stereocenters. The number of piperidine rings is 1. The van der Waals surface area contributed by atoms with Crippen molar-refractivity contribution in [2.75, 3.05) is 66.5 Å². The van der Waals surface area contributed by atoms with Crippen molar-refractivity contribution in [1.29, 1.82) is 0 Å². The van der Waals surface area contributed by atoms with Crippen LogP contribution in [0.1, 0.15) is 47.2 Å². The minimum atomic E-state index is -0.185. The van der Waals surface area contributed by atoms with Gasteiger partial charge in [0, 0.05) is 48.8 Å². The molecular formula is C40H47N5O6. The van der Waals surface area contributed by atoms with Crippen molar-refractivity contribution in [1.82, 2.24) is 19.4 Å². The fourth-order valence-electron chi connectivity index (χ4n) is 7.73. The van der Waals surface area contributed by atoms with Gasteiger partial charge in [0.1, 0.15) is 5.75 Å². The monoisotopic (exact) mass is 693 g/mol. The van der Waals surface area contributed by atoms with E-state index in [0.29, 0.717) is 48.5 Å². The fraction of sp³-hybridized carbons (Fsp3) is 0.400. The first-order valence-corrected chi connectivity index (χ1v) is 17.6. The zero-order valence-corrected chi connectivity index (χ0v) is 29.9. The fourth-order valence-corrected chi connectivity index (χ4v) is 7.73. The van der Waals surface area contributed by atoms with E-state index in [9.17, 15) is 4.79 Å². The highest BCUT2D eigenvalue weighted by molar-refractivity contribution is 5.96. The number of rotatable bonds is 13. The molecule has 0 radical (unpaired) electrons. The third kappa shape index (κ3) is 7.08. The molecule has 1 amide bonds. The Kier molecular flexibility index (Phi) is 10.1. The van der Waals surface area contributed by atoms with Crippen molar-refractivity contribution in [3.63, 3.8) is 0 Å². The summed E-state index contributed by atoms with van der Waals surface area (Å²) in [5, 5.41) is 3.78. The van der Waals surface area contributed by atoms with Crippen LogP contribution in [0.15, 0.2) is 83.7 Å². The predicted molar refractivity (Wildman–Crippen MR) is 197 cm³/mol. The Morgan fingerprint density at radius 2 is 1.67 bits per heavy atom. The molecule has 0 bridgehead atoms. The molecule has 4 heterocycles. The van der Waals surface area contributed by atoms with Gasteiger partial charge in [-0.3, -0.25) is 4.79 Å². The van der Waals surface area contributed by atoms with E-state index in [1.54, 1.807) is 53.1 Å². The minimum absolute atomic E-state index is 0.0460. The molecule has 3 aromatic carbocycles. The smallest absolute Gasteiger partial charge is 0.254 e. The van der Waals surface area contributed by atoms with Crippen LogP contribution in [0, 0.1) is 0 Å². The molecule has 7 rings (SSSR count). The summed E-state index contributed by atoms with van der Waals surface area (Å²) >= 11 is 0. The van der Waals surface area contributed by atoms with Gasteiger partial charge >= 0.3 is 0 Å². The van der Waals surface area contributed by atoms with Gasteiger partial charge < -0.3 is 43.0 Å². The van der Waals surface area contributed by atoms with E-state index in [1.807, 2.05) is 29.2 Å². The summed E-state index contributed by atoms with van der Waals surface area (Å²) in [7, 11) is 6.38. The molecule has 2 saturated heterocycles. The maximum absolute atomic E-state index is 14.0. The van der Waals surface area contributed by atoms with Crippen molar-refractivity contribution < 1.29 is 28.2 Å². The number of nitrogens with zero attached hydrogens (tertiary/aromatic N) is 4. The molecule has 2 aliphatic rings. The van der Waals surface area contributed by atoms with Crippen LogP contribution in [0.2, 0.25) is 0 Å². The summed E-state index contributed by atoms with van der Waals surface area (Å²) in [5.74, 6) is 3.08. The van der Waals surface area contributed by atoms with Crippen LogP contribution in [0.4, 0.5) is 5.95 Å². The van der Waals surface area contributed by atoms with E-state index in [1.165, 1.54) is 5.56 Å². The summed E-state index contributed by atoms with van der Waals surface area (Å²) < 4.78 is 29.7. The molecule has 2 aliphatic heterocycles. The summed E-state index contributed by atoms with van der Waals surface area (Å²) in [6, 6.07) is 22.5. The first kappa shape index (κ1) is 34.3. The first-order valence-electron chi connectivity index (χ1n) is 17.6. The van der Waals surface area contributed by atoms with E-state index in [2.05, 4.69) is 45.1 Å². The van der Waals surface area contributed by atoms with E-state index in [-0.39, 0.29) is 11.3 Å². The van der Waals surface area contributed by atoms with E-state index in [4.69, 9.17) is 28.3 Å². The molecule has 0 aliphatic carbocycles. The average molecular weight is 694 g/mol. The molecule has 11 nitrogen and oxygen atoms in total. The number of carbonyl (C=O) groups is 1. The number of ether oxygens (including phenoxy) is 4. The van der Waals surface area contributed by atoms with Gasteiger partial charge in [-0.15, -0.1) is 0 Å². The number of likely N-dealkylation sites (tertiary alicyclic amines) is 2. The van der Waals surface area contributed by atoms with Crippen molar-refractivity contribution >= 4 is 22.9 Å². The highest BCUT2D eigenvalue weighted by Gasteiger charge is 2.42. The quantitative estimate of drug-likeness (QED) is 0.149. The number of anilines is 1. The number of carbonyl (C=O) groups excluding carboxylic acids is 1. The third-order valence-corrected chi connectivity index (χ3v) is 10.7. The predicted octanol–water partition coefficient (Wildman–Crippen LogP) is 6.46. The first-order chi connectivity index (χ1) is 24.9. The largest absolute Gasteiger partial charge is 0.497 e. The van der Waals surface area contributed by atoms with Gasteiger partial charge in [0.15, 0.2) is 11.5 Å². The van der Waals surface area contributed by atoms with Gasteiger partial charge in [-0.1, -0.05) is 24.3 Å². The Hall–Kier alpha value is -5.16. The molecular weight excluding hydrogens is 646 g/mol. The second-order valence-corrected chi connectivity index (χ2v) is 13.6. The summed E-state index contributed by atoms with van der Waals surface area (Å²) in [5.41, 5.74) is 4.77.